The molecule has 0 spiro atoms. The number of rotatable bonds is 3. The number of halogens is 4. The molecule has 0 radical (unpaired) electrons. The van der Waals surface area contributed by atoms with Crippen LogP contribution >= 0.6 is 0 Å². The molecule has 0 aliphatic rings. The lowest BCUT2D eigenvalue weighted by atomic mass is 10.1. The van der Waals surface area contributed by atoms with Gasteiger partial charge in [-0.2, -0.15) is 17.7 Å². The first-order valence-corrected chi connectivity index (χ1v) is 6.66. The van der Waals surface area contributed by atoms with Crippen molar-refractivity contribution < 1.29 is 17.6 Å². The molecule has 9 heteroatoms. The maximum Gasteiger partial charge on any atom is 0.453 e. The molecule has 1 aromatic carbocycles. The molecule has 120 valence electrons. The number of fused-ring (bicyclic) bond motifs is 1. The first-order valence-electron chi connectivity index (χ1n) is 6.66. The summed E-state index contributed by atoms with van der Waals surface area (Å²) in [5, 5.41) is 13.3. The third-order valence-corrected chi connectivity index (χ3v) is 3.23. The SMILES string of the molecule is C[C@@H](Nc1ccc2nnc(C(F)(F)F)n2n1)c1cccc(F)c1. The van der Waals surface area contributed by atoms with E-state index < -0.39 is 17.8 Å². The molecule has 3 aromatic rings. The average molecular weight is 325 g/mol. The van der Waals surface area contributed by atoms with E-state index in [4.69, 9.17) is 0 Å². The van der Waals surface area contributed by atoms with Gasteiger partial charge in [0, 0.05) is 0 Å². The zero-order valence-corrected chi connectivity index (χ0v) is 11.8. The standard InChI is InChI=1S/C14H11F4N5/c1-8(9-3-2-4-10(15)7-9)19-11-5-6-12-20-21-13(14(16,17)18)23(12)22-11/h2-8H,1H3,(H,19,22)/t8-/m1/s1. The maximum absolute atomic E-state index is 13.2. The summed E-state index contributed by atoms with van der Waals surface area (Å²) in [5.74, 6) is -1.40. The van der Waals surface area contributed by atoms with E-state index in [0.717, 1.165) is 0 Å². The van der Waals surface area contributed by atoms with E-state index in [1.54, 1.807) is 19.1 Å². The minimum atomic E-state index is -4.65. The summed E-state index contributed by atoms with van der Waals surface area (Å²) in [6, 6.07) is 8.43. The van der Waals surface area contributed by atoms with Gasteiger partial charge in [-0.15, -0.1) is 15.3 Å². The maximum atomic E-state index is 13.2. The number of hydrogen-bond donors (Lipinski definition) is 1. The van der Waals surface area contributed by atoms with Crippen molar-refractivity contribution in [3.63, 3.8) is 0 Å². The molecule has 2 heterocycles. The summed E-state index contributed by atoms with van der Waals surface area (Å²) < 4.78 is 52.3. The number of aromatic nitrogens is 4. The lowest BCUT2D eigenvalue weighted by Gasteiger charge is -2.15. The molecular formula is C14H11F4N5. The Labute approximate surface area is 128 Å². The zero-order chi connectivity index (χ0) is 16.6. The Hall–Kier alpha value is -2.71. The largest absolute Gasteiger partial charge is 0.453 e. The van der Waals surface area contributed by atoms with Gasteiger partial charge in [0.2, 0.25) is 0 Å². The van der Waals surface area contributed by atoms with Gasteiger partial charge in [0.05, 0.1) is 6.04 Å². The van der Waals surface area contributed by atoms with Crippen molar-refractivity contribution >= 4 is 11.5 Å². The second-order valence-electron chi connectivity index (χ2n) is 4.93. The van der Waals surface area contributed by atoms with E-state index in [2.05, 4.69) is 20.6 Å². The van der Waals surface area contributed by atoms with E-state index >= 15 is 0 Å². The van der Waals surface area contributed by atoms with Gasteiger partial charge in [-0.1, -0.05) is 12.1 Å². The normalized spacial score (nSPS) is 13.3. The van der Waals surface area contributed by atoms with E-state index in [-0.39, 0.29) is 17.5 Å². The van der Waals surface area contributed by atoms with Crippen LogP contribution in [-0.4, -0.2) is 19.8 Å². The van der Waals surface area contributed by atoms with Crippen LogP contribution in [0.25, 0.3) is 5.65 Å². The Morgan fingerprint density at radius 3 is 2.61 bits per heavy atom. The Morgan fingerprint density at radius 2 is 1.91 bits per heavy atom. The van der Waals surface area contributed by atoms with Crippen LogP contribution in [0, 0.1) is 5.82 Å². The molecule has 1 atom stereocenters. The Bertz CT molecular complexity index is 843. The molecule has 5 nitrogen and oxygen atoms in total. The molecule has 0 aliphatic heterocycles. The van der Waals surface area contributed by atoms with Crippen LogP contribution in [0.2, 0.25) is 0 Å². The highest BCUT2D eigenvalue weighted by Gasteiger charge is 2.37. The highest BCUT2D eigenvalue weighted by Crippen LogP contribution is 2.28. The van der Waals surface area contributed by atoms with E-state index in [1.165, 1.54) is 24.3 Å². The second kappa shape index (κ2) is 5.49. The highest BCUT2D eigenvalue weighted by atomic mass is 19.4. The minimum absolute atomic E-state index is 0.0127. The number of nitrogens with zero attached hydrogens (tertiary/aromatic N) is 4. The van der Waals surface area contributed by atoms with Crippen molar-refractivity contribution in [1.82, 2.24) is 19.8 Å². The molecule has 0 bridgehead atoms. The summed E-state index contributed by atoms with van der Waals surface area (Å²) in [7, 11) is 0. The molecule has 23 heavy (non-hydrogen) atoms. The van der Waals surface area contributed by atoms with Gasteiger partial charge in [-0.25, -0.2) is 4.39 Å². The molecule has 3 rings (SSSR count). The third-order valence-electron chi connectivity index (χ3n) is 3.23. The molecular weight excluding hydrogens is 314 g/mol. The number of anilines is 1. The molecule has 0 saturated heterocycles. The van der Waals surface area contributed by atoms with E-state index in [0.29, 0.717) is 10.1 Å². The summed E-state index contributed by atoms with van der Waals surface area (Å²) in [4.78, 5) is 0. The number of nitrogens with one attached hydrogen (secondary N) is 1. The number of benzene rings is 1. The van der Waals surface area contributed by atoms with Crippen molar-refractivity contribution in [2.75, 3.05) is 5.32 Å². The fourth-order valence-electron chi connectivity index (χ4n) is 2.12. The quantitative estimate of drug-likeness (QED) is 0.749. The smallest absolute Gasteiger partial charge is 0.362 e. The van der Waals surface area contributed by atoms with E-state index in [9.17, 15) is 17.6 Å². The molecule has 0 unspecified atom stereocenters. The molecule has 2 aromatic heterocycles. The average Bonchev–Trinajstić information content (AvgIpc) is 2.90. The van der Waals surface area contributed by atoms with Crippen LogP contribution in [0.15, 0.2) is 36.4 Å². The summed E-state index contributed by atoms with van der Waals surface area (Å²) in [5.41, 5.74) is 0.632. The Balaban J connectivity index is 1.91. The van der Waals surface area contributed by atoms with Crippen molar-refractivity contribution in [3.8, 4) is 0 Å². The monoisotopic (exact) mass is 325 g/mol. The fraction of sp³-hybridized carbons (Fsp3) is 0.214. The van der Waals surface area contributed by atoms with Crippen LogP contribution in [-0.2, 0) is 6.18 Å². The van der Waals surface area contributed by atoms with Crippen LogP contribution in [0.3, 0.4) is 0 Å². The zero-order valence-electron chi connectivity index (χ0n) is 11.8. The van der Waals surface area contributed by atoms with Gasteiger partial charge in [0.1, 0.15) is 11.6 Å². The van der Waals surface area contributed by atoms with Crippen molar-refractivity contribution in [2.24, 2.45) is 0 Å². The first-order chi connectivity index (χ1) is 10.8. The van der Waals surface area contributed by atoms with Crippen LogP contribution in [0.4, 0.5) is 23.4 Å². The topological polar surface area (TPSA) is 55.1 Å². The van der Waals surface area contributed by atoms with Gasteiger partial charge in [-0.3, -0.25) is 0 Å². The minimum Gasteiger partial charge on any atom is -0.362 e. The molecule has 1 N–H and O–H groups in total. The fourth-order valence-corrected chi connectivity index (χ4v) is 2.12. The highest BCUT2D eigenvalue weighted by molar-refractivity contribution is 5.45. The molecule has 0 fully saturated rings. The van der Waals surface area contributed by atoms with Gasteiger partial charge in [0.25, 0.3) is 5.82 Å². The summed E-state index contributed by atoms with van der Waals surface area (Å²) in [6.45, 7) is 1.75. The predicted molar refractivity (Wildman–Crippen MR) is 74.2 cm³/mol. The first kappa shape index (κ1) is 15.2. The van der Waals surface area contributed by atoms with Gasteiger partial charge in [-0.05, 0) is 36.8 Å². The van der Waals surface area contributed by atoms with E-state index in [1.807, 2.05) is 0 Å². The Morgan fingerprint density at radius 1 is 1.13 bits per heavy atom. The van der Waals surface area contributed by atoms with Gasteiger partial charge < -0.3 is 5.32 Å². The lowest BCUT2D eigenvalue weighted by Crippen LogP contribution is -2.14. The Kier molecular flexibility index (Phi) is 3.63. The van der Waals surface area contributed by atoms with Gasteiger partial charge >= 0.3 is 6.18 Å². The number of alkyl halides is 3. The summed E-state index contributed by atoms with van der Waals surface area (Å²) >= 11 is 0. The molecule has 0 aliphatic carbocycles. The van der Waals surface area contributed by atoms with Crippen LogP contribution in [0.5, 0.6) is 0 Å². The molecule has 0 saturated carbocycles. The molecule has 0 amide bonds. The van der Waals surface area contributed by atoms with Gasteiger partial charge in [0.15, 0.2) is 5.65 Å². The lowest BCUT2D eigenvalue weighted by molar-refractivity contribution is -0.146. The van der Waals surface area contributed by atoms with Crippen molar-refractivity contribution in [3.05, 3.63) is 53.6 Å². The second-order valence-corrected chi connectivity index (χ2v) is 4.93. The summed E-state index contributed by atoms with van der Waals surface area (Å²) in [6.07, 6.45) is -4.65. The van der Waals surface area contributed by atoms with Crippen molar-refractivity contribution in [1.29, 1.82) is 0 Å². The predicted octanol–water partition coefficient (Wildman–Crippen LogP) is 3.46. The number of hydrogen-bond acceptors (Lipinski definition) is 4. The van der Waals surface area contributed by atoms with Crippen molar-refractivity contribution in [2.45, 2.75) is 19.1 Å². The van der Waals surface area contributed by atoms with Crippen LogP contribution < -0.4 is 5.32 Å². The third kappa shape index (κ3) is 3.08. The van der Waals surface area contributed by atoms with Crippen LogP contribution in [0.1, 0.15) is 24.4 Å².